The predicted molar refractivity (Wildman–Crippen MR) is 69.7 cm³/mol. The third kappa shape index (κ3) is 4.26. The molecule has 1 aromatic carbocycles. The first kappa shape index (κ1) is 13.8. The molecule has 17 heavy (non-hydrogen) atoms. The van der Waals surface area contributed by atoms with Crippen molar-refractivity contribution in [3.8, 4) is 5.75 Å². The molecule has 0 heterocycles. The van der Waals surface area contributed by atoms with E-state index in [-0.39, 0.29) is 11.5 Å². The molecule has 0 saturated carbocycles. The van der Waals surface area contributed by atoms with Crippen molar-refractivity contribution in [2.24, 2.45) is 5.92 Å². The highest BCUT2D eigenvalue weighted by atomic mass is 32.2. The molecule has 0 atom stereocenters. The minimum absolute atomic E-state index is 0.0917. The summed E-state index contributed by atoms with van der Waals surface area (Å²) in [5.74, 6) is 0.533. The Kier molecular flexibility index (Phi) is 4.40. The van der Waals surface area contributed by atoms with Gasteiger partial charge in [0.05, 0.1) is 11.4 Å². The highest BCUT2D eigenvalue weighted by molar-refractivity contribution is 7.92. The van der Waals surface area contributed by atoms with Gasteiger partial charge >= 0.3 is 0 Å². The van der Waals surface area contributed by atoms with Crippen molar-refractivity contribution < 1.29 is 13.5 Å². The van der Waals surface area contributed by atoms with E-state index in [1.54, 1.807) is 19.1 Å². The zero-order valence-corrected chi connectivity index (χ0v) is 11.2. The number of rotatable bonds is 5. The average Bonchev–Trinajstić information content (AvgIpc) is 2.22. The largest absolute Gasteiger partial charge is 0.508 e. The second-order valence-electron chi connectivity index (χ2n) is 4.55. The van der Waals surface area contributed by atoms with Gasteiger partial charge in [0.25, 0.3) is 0 Å². The van der Waals surface area contributed by atoms with Gasteiger partial charge in [0.1, 0.15) is 5.75 Å². The summed E-state index contributed by atoms with van der Waals surface area (Å²) in [5, 5.41) is 9.48. The van der Waals surface area contributed by atoms with Crippen LogP contribution in [0.3, 0.4) is 0 Å². The molecule has 0 amide bonds. The second-order valence-corrected chi connectivity index (χ2v) is 6.40. The normalized spacial score (nSPS) is 11.8. The highest BCUT2D eigenvalue weighted by Crippen LogP contribution is 2.24. The van der Waals surface area contributed by atoms with Crippen LogP contribution in [0.25, 0.3) is 0 Å². The summed E-state index contributed by atoms with van der Waals surface area (Å²) >= 11 is 0. The molecule has 0 aliphatic rings. The van der Waals surface area contributed by atoms with Crippen molar-refractivity contribution in [2.75, 3.05) is 10.5 Å². The van der Waals surface area contributed by atoms with E-state index in [1.807, 2.05) is 13.8 Å². The summed E-state index contributed by atoms with van der Waals surface area (Å²) in [6.45, 7) is 5.64. The lowest BCUT2D eigenvalue weighted by atomic mass is 10.2. The zero-order valence-electron chi connectivity index (χ0n) is 10.4. The smallest absolute Gasteiger partial charge is 0.232 e. The van der Waals surface area contributed by atoms with Gasteiger partial charge in [-0.25, -0.2) is 8.42 Å². The third-order valence-electron chi connectivity index (χ3n) is 2.53. The number of hydrogen-bond acceptors (Lipinski definition) is 3. The molecule has 5 heteroatoms. The van der Waals surface area contributed by atoms with Gasteiger partial charge in [0, 0.05) is 5.56 Å². The molecule has 96 valence electrons. The minimum atomic E-state index is -3.33. The Morgan fingerprint density at radius 2 is 2.00 bits per heavy atom. The van der Waals surface area contributed by atoms with E-state index >= 15 is 0 Å². The second kappa shape index (κ2) is 5.40. The van der Waals surface area contributed by atoms with Crippen molar-refractivity contribution in [3.05, 3.63) is 23.8 Å². The van der Waals surface area contributed by atoms with Crippen molar-refractivity contribution in [3.63, 3.8) is 0 Å². The van der Waals surface area contributed by atoms with Crippen molar-refractivity contribution >= 4 is 15.7 Å². The molecule has 4 nitrogen and oxygen atoms in total. The minimum Gasteiger partial charge on any atom is -0.508 e. The van der Waals surface area contributed by atoms with Gasteiger partial charge in [0.15, 0.2) is 0 Å². The van der Waals surface area contributed by atoms with E-state index in [9.17, 15) is 13.5 Å². The molecule has 0 saturated heterocycles. The third-order valence-corrected chi connectivity index (χ3v) is 3.84. The number of aromatic hydroxyl groups is 1. The van der Waals surface area contributed by atoms with E-state index in [2.05, 4.69) is 4.72 Å². The van der Waals surface area contributed by atoms with Crippen LogP contribution in [0.1, 0.15) is 25.8 Å². The topological polar surface area (TPSA) is 66.4 Å². The van der Waals surface area contributed by atoms with Gasteiger partial charge < -0.3 is 5.11 Å². The van der Waals surface area contributed by atoms with Crippen LogP contribution in [0.4, 0.5) is 5.69 Å². The van der Waals surface area contributed by atoms with E-state index in [4.69, 9.17) is 0 Å². The first-order chi connectivity index (χ1) is 7.82. The van der Waals surface area contributed by atoms with Crippen LogP contribution in [0.5, 0.6) is 5.75 Å². The van der Waals surface area contributed by atoms with Crippen LogP contribution in [0.2, 0.25) is 0 Å². The number of hydrogen-bond donors (Lipinski definition) is 2. The van der Waals surface area contributed by atoms with Gasteiger partial charge in [0.2, 0.25) is 10.0 Å². The molecule has 0 radical (unpaired) electrons. The maximum Gasteiger partial charge on any atom is 0.232 e. The maximum absolute atomic E-state index is 11.8. The van der Waals surface area contributed by atoms with Crippen LogP contribution in [0.15, 0.2) is 18.2 Å². The van der Waals surface area contributed by atoms with Crippen LogP contribution in [0, 0.1) is 12.8 Å². The van der Waals surface area contributed by atoms with Crippen LogP contribution >= 0.6 is 0 Å². The highest BCUT2D eigenvalue weighted by Gasteiger charge is 2.13. The Hall–Kier alpha value is -1.23. The first-order valence-electron chi connectivity index (χ1n) is 5.61. The molecule has 0 spiro atoms. The SMILES string of the molecule is Cc1c(O)cccc1NS(=O)(=O)CCC(C)C. The molecule has 0 bridgehead atoms. The summed E-state index contributed by atoms with van der Waals surface area (Å²) in [7, 11) is -3.33. The van der Waals surface area contributed by atoms with Crippen LogP contribution < -0.4 is 4.72 Å². The molecule has 0 aromatic heterocycles. The molecule has 0 aliphatic heterocycles. The molecule has 1 rings (SSSR count). The number of anilines is 1. The molecule has 2 N–H and O–H groups in total. The van der Waals surface area contributed by atoms with Crippen molar-refractivity contribution in [1.29, 1.82) is 0 Å². The number of benzene rings is 1. The number of phenolic OH excluding ortho intramolecular Hbond substituents is 1. The van der Waals surface area contributed by atoms with Gasteiger partial charge in [-0.15, -0.1) is 0 Å². The molecular formula is C12H19NO3S. The molecule has 1 aromatic rings. The quantitative estimate of drug-likeness (QED) is 0.851. The standard InChI is InChI=1S/C12H19NO3S/c1-9(2)7-8-17(15,16)13-11-5-4-6-12(14)10(11)3/h4-6,9,13-14H,7-8H2,1-3H3. The maximum atomic E-state index is 11.8. The average molecular weight is 257 g/mol. The fraction of sp³-hybridized carbons (Fsp3) is 0.500. The van der Waals surface area contributed by atoms with Crippen LogP contribution in [-0.2, 0) is 10.0 Å². The van der Waals surface area contributed by atoms with Gasteiger partial charge in [-0.2, -0.15) is 0 Å². The van der Waals surface area contributed by atoms with Crippen LogP contribution in [-0.4, -0.2) is 19.3 Å². The molecule has 0 aliphatic carbocycles. The van der Waals surface area contributed by atoms with Gasteiger partial charge in [-0.05, 0) is 31.4 Å². The lowest BCUT2D eigenvalue weighted by Crippen LogP contribution is -2.18. The first-order valence-corrected chi connectivity index (χ1v) is 7.26. The van der Waals surface area contributed by atoms with E-state index in [0.717, 1.165) is 0 Å². The molecule has 0 fully saturated rings. The Labute approximate surface area is 103 Å². The van der Waals surface area contributed by atoms with Gasteiger partial charge in [-0.3, -0.25) is 4.72 Å². The summed E-state index contributed by atoms with van der Waals surface area (Å²) in [6, 6.07) is 4.78. The zero-order chi connectivity index (χ0) is 13.1. The monoisotopic (exact) mass is 257 g/mol. The number of sulfonamides is 1. The van der Waals surface area contributed by atoms with E-state index < -0.39 is 10.0 Å². The Morgan fingerprint density at radius 1 is 1.35 bits per heavy atom. The van der Waals surface area contributed by atoms with Gasteiger partial charge in [-0.1, -0.05) is 19.9 Å². The fourth-order valence-electron chi connectivity index (χ4n) is 1.34. The number of nitrogens with one attached hydrogen (secondary N) is 1. The Morgan fingerprint density at radius 3 is 2.59 bits per heavy atom. The lowest BCUT2D eigenvalue weighted by Gasteiger charge is -2.12. The lowest BCUT2D eigenvalue weighted by molar-refractivity contribution is 0.471. The van der Waals surface area contributed by atoms with E-state index in [1.165, 1.54) is 6.07 Å². The summed E-state index contributed by atoms with van der Waals surface area (Å²) in [6.07, 6.45) is 0.618. The predicted octanol–water partition coefficient (Wildman–Crippen LogP) is 2.49. The number of phenols is 1. The Balaban J connectivity index is 2.80. The summed E-state index contributed by atoms with van der Waals surface area (Å²) in [4.78, 5) is 0. The Bertz CT molecular complexity index is 481. The van der Waals surface area contributed by atoms with E-state index in [0.29, 0.717) is 23.6 Å². The van der Waals surface area contributed by atoms with Crippen molar-refractivity contribution in [1.82, 2.24) is 0 Å². The summed E-state index contributed by atoms with van der Waals surface area (Å²) in [5.41, 5.74) is 0.981. The fourth-order valence-corrected chi connectivity index (χ4v) is 2.78. The molecule has 0 unspecified atom stereocenters. The van der Waals surface area contributed by atoms with Crippen molar-refractivity contribution in [2.45, 2.75) is 27.2 Å². The molecular weight excluding hydrogens is 238 g/mol. The summed E-state index contributed by atoms with van der Waals surface area (Å²) < 4.78 is 26.0.